The molecule has 150 valence electrons. The third-order valence-corrected chi connectivity index (χ3v) is 5.71. The Morgan fingerprint density at radius 2 is 1.37 bits per heavy atom. The van der Waals surface area contributed by atoms with Gasteiger partial charge in [-0.1, -0.05) is 0 Å². The second kappa shape index (κ2) is 9.47. The third kappa shape index (κ3) is 5.27. The van der Waals surface area contributed by atoms with Gasteiger partial charge in [-0.25, -0.2) is 18.0 Å². The van der Waals surface area contributed by atoms with Crippen molar-refractivity contribution in [3.8, 4) is 0 Å². The maximum Gasteiger partial charge on any atom is 0.337 e. The van der Waals surface area contributed by atoms with Crippen LogP contribution in [0.25, 0.3) is 0 Å². The molecule has 1 amide bonds. The highest BCUT2D eigenvalue weighted by Gasteiger charge is 2.27. The number of carbonyl (C=O) groups is 3. The molecule has 9 nitrogen and oxygen atoms in total. The number of amides is 1. The van der Waals surface area contributed by atoms with E-state index in [1.54, 1.807) is 13.8 Å². The molecule has 0 spiro atoms. The van der Waals surface area contributed by atoms with Crippen molar-refractivity contribution in [2.24, 2.45) is 0 Å². The molecule has 0 N–H and O–H groups in total. The molecule has 10 heteroatoms. The second-order valence-electron chi connectivity index (χ2n) is 5.56. The Balaban J connectivity index is 3.33. The second-order valence-corrected chi connectivity index (χ2v) is 7.60. The summed E-state index contributed by atoms with van der Waals surface area (Å²) in [6, 6.07) is 3.36. The zero-order valence-corrected chi connectivity index (χ0v) is 16.8. The molecular formula is C17H24N2O7S. The van der Waals surface area contributed by atoms with Gasteiger partial charge in [-0.2, -0.15) is 4.31 Å². The molecule has 1 aromatic rings. The smallest absolute Gasteiger partial charge is 0.337 e. The van der Waals surface area contributed by atoms with Gasteiger partial charge in [0.15, 0.2) is 0 Å². The van der Waals surface area contributed by atoms with E-state index in [4.69, 9.17) is 0 Å². The van der Waals surface area contributed by atoms with Gasteiger partial charge in [0.05, 0.1) is 36.8 Å². The Morgan fingerprint density at radius 1 is 0.926 bits per heavy atom. The summed E-state index contributed by atoms with van der Waals surface area (Å²) >= 11 is 0. The van der Waals surface area contributed by atoms with E-state index in [1.807, 2.05) is 0 Å². The van der Waals surface area contributed by atoms with Gasteiger partial charge < -0.3 is 14.4 Å². The van der Waals surface area contributed by atoms with Crippen molar-refractivity contribution < 1.29 is 32.3 Å². The van der Waals surface area contributed by atoms with Gasteiger partial charge in [-0.15, -0.1) is 0 Å². The highest BCUT2D eigenvalue weighted by atomic mass is 32.2. The fourth-order valence-corrected chi connectivity index (χ4v) is 3.54. The average molecular weight is 400 g/mol. The number of benzene rings is 1. The predicted molar refractivity (Wildman–Crippen MR) is 96.9 cm³/mol. The summed E-state index contributed by atoms with van der Waals surface area (Å²) in [5.41, 5.74) is -0.245. The summed E-state index contributed by atoms with van der Waals surface area (Å²) in [6.07, 6.45) is 0. The van der Waals surface area contributed by atoms with Crippen molar-refractivity contribution in [1.82, 2.24) is 9.21 Å². The third-order valence-electron chi connectivity index (χ3n) is 3.93. The fourth-order valence-electron chi connectivity index (χ4n) is 2.35. The van der Waals surface area contributed by atoms with Crippen LogP contribution in [0.4, 0.5) is 0 Å². The van der Waals surface area contributed by atoms with Gasteiger partial charge in [0, 0.05) is 20.1 Å². The van der Waals surface area contributed by atoms with Crippen LogP contribution in [-0.2, 0) is 24.3 Å². The number of methoxy groups -OCH3 is 2. The van der Waals surface area contributed by atoms with E-state index >= 15 is 0 Å². The first-order valence-corrected chi connectivity index (χ1v) is 9.62. The van der Waals surface area contributed by atoms with Crippen molar-refractivity contribution in [3.05, 3.63) is 29.3 Å². The first-order chi connectivity index (χ1) is 12.6. The maximum atomic E-state index is 12.8. The number of likely N-dealkylation sites (N-methyl/N-ethyl adjacent to an activating group) is 2. The van der Waals surface area contributed by atoms with Crippen LogP contribution < -0.4 is 0 Å². The number of nitrogens with zero attached hydrogens (tertiary/aromatic N) is 2. The van der Waals surface area contributed by atoms with Gasteiger partial charge in [-0.05, 0) is 32.0 Å². The Labute approximate surface area is 158 Å². The summed E-state index contributed by atoms with van der Waals surface area (Å²) < 4.78 is 35.7. The molecule has 1 rings (SSSR count). The maximum absolute atomic E-state index is 12.8. The summed E-state index contributed by atoms with van der Waals surface area (Å²) in [7, 11) is -0.623. The quantitative estimate of drug-likeness (QED) is 0.592. The van der Waals surface area contributed by atoms with E-state index in [9.17, 15) is 22.8 Å². The lowest BCUT2D eigenvalue weighted by molar-refractivity contribution is -0.130. The zero-order valence-electron chi connectivity index (χ0n) is 16.0. The number of esters is 2. The van der Waals surface area contributed by atoms with E-state index in [0.717, 1.165) is 30.7 Å². The van der Waals surface area contributed by atoms with Crippen LogP contribution in [-0.4, -0.2) is 76.4 Å². The minimum absolute atomic E-state index is 0.123. The molecule has 0 unspecified atom stereocenters. The lowest BCUT2D eigenvalue weighted by Crippen LogP contribution is -2.41. The predicted octanol–water partition coefficient (Wildman–Crippen LogP) is 0.749. The first-order valence-electron chi connectivity index (χ1n) is 8.18. The number of rotatable bonds is 8. The number of ether oxygens (including phenoxy) is 2. The number of carbonyl (C=O) groups excluding carboxylic acids is 3. The molecule has 0 aliphatic heterocycles. The van der Waals surface area contributed by atoms with Crippen LogP contribution in [0.5, 0.6) is 0 Å². The summed E-state index contributed by atoms with van der Waals surface area (Å²) in [6.45, 7) is 4.11. The molecule has 0 saturated heterocycles. The molecule has 0 radical (unpaired) electrons. The standard InChI is InChI=1S/C17H24N2O7S/c1-6-19(7-2)15(20)11-18(3)27(23,24)14-9-12(16(21)25-4)8-13(10-14)17(22)26-5/h8-10H,6-7,11H2,1-5H3. The zero-order chi connectivity index (χ0) is 20.8. The highest BCUT2D eigenvalue weighted by molar-refractivity contribution is 7.89. The summed E-state index contributed by atoms with van der Waals surface area (Å²) in [5, 5.41) is 0. The minimum atomic E-state index is -4.14. The van der Waals surface area contributed by atoms with Crippen molar-refractivity contribution in [3.63, 3.8) is 0 Å². The van der Waals surface area contributed by atoms with Crippen LogP contribution in [0.15, 0.2) is 23.1 Å². The topological polar surface area (TPSA) is 110 Å². The van der Waals surface area contributed by atoms with Crippen LogP contribution in [0.2, 0.25) is 0 Å². The van der Waals surface area contributed by atoms with Crippen molar-refractivity contribution >= 4 is 27.9 Å². The van der Waals surface area contributed by atoms with E-state index in [0.29, 0.717) is 13.1 Å². The average Bonchev–Trinajstić information content (AvgIpc) is 2.66. The van der Waals surface area contributed by atoms with Crippen LogP contribution in [0.1, 0.15) is 34.6 Å². The van der Waals surface area contributed by atoms with E-state index in [2.05, 4.69) is 9.47 Å². The Morgan fingerprint density at radius 3 is 1.74 bits per heavy atom. The van der Waals surface area contributed by atoms with Gasteiger partial charge in [0.25, 0.3) is 0 Å². The number of hydrogen-bond acceptors (Lipinski definition) is 7. The number of hydrogen-bond donors (Lipinski definition) is 0. The SMILES string of the molecule is CCN(CC)C(=O)CN(C)S(=O)(=O)c1cc(C(=O)OC)cc(C(=O)OC)c1. The molecular weight excluding hydrogens is 376 g/mol. The van der Waals surface area contributed by atoms with Gasteiger partial charge in [0.2, 0.25) is 15.9 Å². The molecule has 0 saturated carbocycles. The van der Waals surface area contributed by atoms with Gasteiger partial charge in [-0.3, -0.25) is 4.79 Å². The number of sulfonamides is 1. The van der Waals surface area contributed by atoms with E-state index < -0.39 is 22.0 Å². The minimum Gasteiger partial charge on any atom is -0.465 e. The van der Waals surface area contributed by atoms with Crippen molar-refractivity contribution in [1.29, 1.82) is 0 Å². The molecule has 0 bridgehead atoms. The van der Waals surface area contributed by atoms with Gasteiger partial charge >= 0.3 is 11.9 Å². The molecule has 0 fully saturated rings. The molecule has 27 heavy (non-hydrogen) atoms. The van der Waals surface area contributed by atoms with Crippen molar-refractivity contribution in [2.75, 3.05) is 40.9 Å². The van der Waals surface area contributed by atoms with Crippen LogP contribution in [0.3, 0.4) is 0 Å². The monoisotopic (exact) mass is 400 g/mol. The van der Waals surface area contributed by atoms with E-state index in [1.165, 1.54) is 18.0 Å². The molecule has 0 atom stereocenters. The Bertz CT molecular complexity index is 782. The first kappa shape index (κ1) is 22.6. The molecule has 0 aromatic heterocycles. The largest absolute Gasteiger partial charge is 0.465 e. The Hall–Kier alpha value is -2.46. The fraction of sp³-hybridized carbons (Fsp3) is 0.471. The Kier molecular flexibility index (Phi) is 7.92. The summed E-state index contributed by atoms with van der Waals surface area (Å²) in [4.78, 5) is 37.0. The molecule has 1 aromatic carbocycles. The van der Waals surface area contributed by atoms with Crippen LogP contribution in [0, 0.1) is 0 Å². The lowest BCUT2D eigenvalue weighted by Gasteiger charge is -2.23. The van der Waals surface area contributed by atoms with Crippen molar-refractivity contribution in [2.45, 2.75) is 18.7 Å². The molecule has 0 aliphatic rings. The normalized spacial score (nSPS) is 11.2. The molecule has 0 aliphatic carbocycles. The lowest BCUT2D eigenvalue weighted by atomic mass is 10.1. The highest BCUT2D eigenvalue weighted by Crippen LogP contribution is 2.20. The van der Waals surface area contributed by atoms with Crippen LogP contribution >= 0.6 is 0 Å². The molecule has 0 heterocycles. The van der Waals surface area contributed by atoms with E-state index in [-0.39, 0.29) is 28.5 Å². The summed E-state index contributed by atoms with van der Waals surface area (Å²) in [5.74, 6) is -1.97. The van der Waals surface area contributed by atoms with Gasteiger partial charge in [0.1, 0.15) is 0 Å².